The van der Waals surface area contributed by atoms with Crippen molar-refractivity contribution in [3.05, 3.63) is 60.2 Å². The van der Waals surface area contributed by atoms with Gasteiger partial charge in [-0.2, -0.15) is 0 Å². The van der Waals surface area contributed by atoms with Crippen LogP contribution in [0.15, 0.2) is 59.8 Å². The van der Waals surface area contributed by atoms with Crippen LogP contribution in [0.3, 0.4) is 0 Å². The van der Waals surface area contributed by atoms with Crippen LogP contribution in [0.4, 0.5) is 11.6 Å². The smallest absolute Gasteiger partial charge is 0.242 e. The third kappa shape index (κ3) is 5.05. The molecule has 1 aliphatic heterocycles. The second kappa shape index (κ2) is 10.5. The Labute approximate surface area is 203 Å². The Kier molecular flexibility index (Phi) is 7.01. The average Bonchev–Trinajstić information content (AvgIpc) is 3.63. The summed E-state index contributed by atoms with van der Waals surface area (Å²) in [6.07, 6.45) is 2.21. The lowest BCUT2D eigenvalue weighted by Crippen LogP contribution is -2.38. The number of benzene rings is 2. The molecule has 0 bridgehead atoms. The molecule has 9 heteroatoms. The average molecular weight is 480 g/mol. The van der Waals surface area contributed by atoms with Gasteiger partial charge in [0.25, 0.3) is 0 Å². The second-order valence-electron chi connectivity index (χ2n) is 8.31. The number of amides is 1. The maximum absolute atomic E-state index is 13.6. The number of thioether (sulfide) groups is 1. The molecule has 1 aliphatic carbocycles. The van der Waals surface area contributed by atoms with Crippen molar-refractivity contribution in [1.29, 1.82) is 0 Å². The van der Waals surface area contributed by atoms with E-state index in [1.807, 2.05) is 61.5 Å². The van der Waals surface area contributed by atoms with Crippen LogP contribution in [0.25, 0.3) is 0 Å². The Hall–Kier alpha value is -3.04. The normalized spacial score (nSPS) is 16.8. The lowest BCUT2D eigenvalue weighted by Gasteiger charge is -2.28. The fourth-order valence-electron chi connectivity index (χ4n) is 4.04. The van der Waals surface area contributed by atoms with Gasteiger partial charge in [-0.1, -0.05) is 54.2 Å². The molecule has 2 heterocycles. The minimum Gasteiger partial charge on any atom is -0.492 e. The molecule has 5 rings (SSSR count). The van der Waals surface area contributed by atoms with Gasteiger partial charge in [0.05, 0.1) is 25.5 Å². The van der Waals surface area contributed by atoms with Gasteiger partial charge >= 0.3 is 0 Å². The third-order valence-electron chi connectivity index (χ3n) is 5.86. The third-order valence-corrected chi connectivity index (χ3v) is 7.07. The number of ether oxygens (including phenoxy) is 2. The van der Waals surface area contributed by atoms with Gasteiger partial charge in [-0.05, 0) is 37.5 Å². The van der Waals surface area contributed by atoms with Crippen LogP contribution in [0.2, 0.25) is 0 Å². The minimum absolute atomic E-state index is 0.123. The summed E-state index contributed by atoms with van der Waals surface area (Å²) in [5.41, 5.74) is 1.57. The van der Waals surface area contributed by atoms with Crippen LogP contribution in [-0.4, -0.2) is 53.6 Å². The van der Waals surface area contributed by atoms with E-state index < -0.39 is 5.25 Å². The van der Waals surface area contributed by atoms with Crippen LogP contribution in [-0.2, 0) is 9.53 Å². The number of carbonyl (C=O) groups excluding carboxylic acids is 1. The van der Waals surface area contributed by atoms with Crippen LogP contribution in [0.1, 0.15) is 36.6 Å². The van der Waals surface area contributed by atoms with Crippen molar-refractivity contribution in [2.75, 3.05) is 43.1 Å². The predicted molar refractivity (Wildman–Crippen MR) is 133 cm³/mol. The van der Waals surface area contributed by atoms with Gasteiger partial charge in [0.2, 0.25) is 11.9 Å². The molecule has 0 radical (unpaired) electrons. The van der Waals surface area contributed by atoms with Crippen molar-refractivity contribution in [3.8, 4) is 5.75 Å². The SMILES string of the molecule is CCOc1ccccc1NC(=O)C(Sc1nnc(N2CCOCC2)n1C1CC1)c1ccccc1. The van der Waals surface area contributed by atoms with Gasteiger partial charge in [-0.3, -0.25) is 9.36 Å². The van der Waals surface area contributed by atoms with Gasteiger partial charge < -0.3 is 19.7 Å². The number of aromatic nitrogens is 3. The summed E-state index contributed by atoms with van der Waals surface area (Å²) in [5, 5.41) is 12.4. The molecule has 2 aliphatic rings. The summed E-state index contributed by atoms with van der Waals surface area (Å²) in [6.45, 7) is 5.43. The number of hydrogen-bond acceptors (Lipinski definition) is 7. The number of anilines is 2. The molecule has 178 valence electrons. The Balaban J connectivity index is 1.44. The van der Waals surface area contributed by atoms with Gasteiger partial charge in [0, 0.05) is 19.1 Å². The molecule has 3 aromatic rings. The van der Waals surface area contributed by atoms with Gasteiger partial charge in [-0.25, -0.2) is 0 Å². The zero-order valence-electron chi connectivity index (χ0n) is 19.2. The molecule has 1 amide bonds. The van der Waals surface area contributed by atoms with Crippen molar-refractivity contribution in [2.45, 2.75) is 36.2 Å². The highest BCUT2D eigenvalue weighted by Crippen LogP contribution is 2.44. The highest BCUT2D eigenvalue weighted by molar-refractivity contribution is 8.00. The molecule has 1 unspecified atom stereocenters. The minimum atomic E-state index is -0.491. The Bertz CT molecular complexity index is 1110. The number of rotatable bonds is 9. The van der Waals surface area contributed by atoms with Gasteiger partial charge in [0.1, 0.15) is 11.0 Å². The first-order valence-electron chi connectivity index (χ1n) is 11.8. The Morgan fingerprint density at radius 1 is 1.12 bits per heavy atom. The summed E-state index contributed by atoms with van der Waals surface area (Å²) in [6, 6.07) is 17.7. The van der Waals surface area contributed by atoms with Crippen molar-refractivity contribution >= 4 is 29.3 Å². The largest absolute Gasteiger partial charge is 0.492 e. The second-order valence-corrected chi connectivity index (χ2v) is 9.38. The van der Waals surface area contributed by atoms with E-state index in [4.69, 9.17) is 9.47 Å². The first-order chi connectivity index (χ1) is 16.7. The molecule has 2 aromatic carbocycles. The lowest BCUT2D eigenvalue weighted by atomic mass is 10.1. The van der Waals surface area contributed by atoms with E-state index in [1.54, 1.807) is 0 Å². The van der Waals surface area contributed by atoms with Crippen LogP contribution < -0.4 is 15.0 Å². The van der Waals surface area contributed by atoms with E-state index in [0.717, 1.165) is 42.6 Å². The summed E-state index contributed by atoms with van der Waals surface area (Å²) in [5.74, 6) is 1.41. The van der Waals surface area contributed by atoms with E-state index >= 15 is 0 Å². The van der Waals surface area contributed by atoms with E-state index in [0.29, 0.717) is 37.3 Å². The van der Waals surface area contributed by atoms with Crippen LogP contribution >= 0.6 is 11.8 Å². The number of hydrogen-bond donors (Lipinski definition) is 1. The monoisotopic (exact) mass is 479 g/mol. The molecular weight excluding hydrogens is 450 g/mol. The highest BCUT2D eigenvalue weighted by Gasteiger charge is 2.34. The standard InChI is InChI=1S/C25H29N5O3S/c1-2-33-21-11-7-6-10-20(21)26-23(31)22(18-8-4-3-5-9-18)34-25-28-27-24(30(25)19-12-13-19)29-14-16-32-17-15-29/h3-11,19,22H,2,12-17H2,1H3,(H,26,31). The topological polar surface area (TPSA) is 81.5 Å². The highest BCUT2D eigenvalue weighted by atomic mass is 32.2. The number of para-hydroxylation sites is 2. The zero-order valence-corrected chi connectivity index (χ0v) is 20.0. The van der Waals surface area contributed by atoms with Gasteiger partial charge in [0.15, 0.2) is 5.16 Å². The van der Waals surface area contributed by atoms with Crippen LogP contribution in [0.5, 0.6) is 5.75 Å². The van der Waals surface area contributed by atoms with E-state index in [9.17, 15) is 4.79 Å². The molecule has 1 saturated carbocycles. The van der Waals surface area contributed by atoms with E-state index in [-0.39, 0.29) is 5.91 Å². The predicted octanol–water partition coefficient (Wildman–Crippen LogP) is 4.32. The summed E-state index contributed by atoms with van der Waals surface area (Å²) in [7, 11) is 0. The maximum Gasteiger partial charge on any atom is 0.242 e. The number of nitrogens with zero attached hydrogens (tertiary/aromatic N) is 4. The summed E-state index contributed by atoms with van der Waals surface area (Å²) >= 11 is 1.45. The molecule has 1 N–H and O–H groups in total. The summed E-state index contributed by atoms with van der Waals surface area (Å²) in [4.78, 5) is 15.8. The van der Waals surface area contributed by atoms with Crippen molar-refractivity contribution < 1.29 is 14.3 Å². The lowest BCUT2D eigenvalue weighted by molar-refractivity contribution is -0.115. The first-order valence-corrected chi connectivity index (χ1v) is 12.6. The van der Waals surface area contributed by atoms with Crippen LogP contribution in [0, 0.1) is 0 Å². The first kappa shape index (κ1) is 22.7. The zero-order chi connectivity index (χ0) is 23.3. The van der Waals surface area contributed by atoms with E-state index in [1.165, 1.54) is 11.8 Å². The van der Waals surface area contributed by atoms with Crippen molar-refractivity contribution in [1.82, 2.24) is 14.8 Å². The molecule has 2 fully saturated rings. The van der Waals surface area contributed by atoms with Crippen molar-refractivity contribution in [2.24, 2.45) is 0 Å². The maximum atomic E-state index is 13.6. The molecule has 8 nitrogen and oxygen atoms in total. The molecule has 1 atom stereocenters. The molecule has 0 spiro atoms. The van der Waals surface area contributed by atoms with Gasteiger partial charge in [-0.15, -0.1) is 10.2 Å². The number of morpholine rings is 1. The quantitative estimate of drug-likeness (QED) is 0.458. The van der Waals surface area contributed by atoms with E-state index in [2.05, 4.69) is 25.0 Å². The molecule has 34 heavy (non-hydrogen) atoms. The molecule has 1 aromatic heterocycles. The number of nitrogens with one attached hydrogen (secondary N) is 1. The molecule has 1 saturated heterocycles. The Morgan fingerprint density at radius 2 is 1.85 bits per heavy atom. The molecular formula is C25H29N5O3S. The fourth-order valence-corrected chi connectivity index (χ4v) is 5.14. The Morgan fingerprint density at radius 3 is 2.59 bits per heavy atom. The summed E-state index contributed by atoms with van der Waals surface area (Å²) < 4.78 is 13.4. The van der Waals surface area contributed by atoms with Crippen molar-refractivity contribution in [3.63, 3.8) is 0 Å². The number of carbonyl (C=O) groups is 1. The fraction of sp³-hybridized carbons (Fsp3) is 0.400.